The molecule has 0 fully saturated rings. The van der Waals surface area contributed by atoms with Crippen LogP contribution in [0.2, 0.25) is 0 Å². The summed E-state index contributed by atoms with van der Waals surface area (Å²) in [5.74, 6) is 2.71. The maximum Gasteiger partial charge on any atom is 0.0123 e. The molecule has 2 heteroatoms. The first-order valence-corrected chi connectivity index (χ1v) is 6.91. The SMILES string of the molecule is CCCSCCCC1CC=CS1. The van der Waals surface area contributed by atoms with Gasteiger partial charge in [-0.2, -0.15) is 11.8 Å². The van der Waals surface area contributed by atoms with Gasteiger partial charge in [0, 0.05) is 5.25 Å². The van der Waals surface area contributed by atoms with E-state index in [-0.39, 0.29) is 0 Å². The van der Waals surface area contributed by atoms with Crippen LogP contribution in [-0.2, 0) is 0 Å². The molecule has 0 spiro atoms. The molecule has 0 aromatic heterocycles. The molecule has 12 heavy (non-hydrogen) atoms. The summed E-state index contributed by atoms with van der Waals surface area (Å²) in [4.78, 5) is 0. The van der Waals surface area contributed by atoms with Crippen LogP contribution >= 0.6 is 23.5 Å². The monoisotopic (exact) mass is 202 g/mol. The summed E-state index contributed by atoms with van der Waals surface area (Å²) in [6.07, 6.45) is 7.75. The smallest absolute Gasteiger partial charge is 0.0123 e. The van der Waals surface area contributed by atoms with Crippen molar-refractivity contribution in [1.29, 1.82) is 0 Å². The predicted molar refractivity (Wildman–Crippen MR) is 62.0 cm³/mol. The summed E-state index contributed by atoms with van der Waals surface area (Å²) in [6, 6.07) is 0. The van der Waals surface area contributed by atoms with Gasteiger partial charge < -0.3 is 0 Å². The van der Waals surface area contributed by atoms with Crippen LogP contribution in [0.5, 0.6) is 0 Å². The van der Waals surface area contributed by atoms with Gasteiger partial charge in [-0.1, -0.05) is 13.0 Å². The minimum atomic E-state index is 0.909. The fraction of sp³-hybridized carbons (Fsp3) is 0.800. The fourth-order valence-corrected chi connectivity index (χ4v) is 3.11. The number of thioether (sulfide) groups is 2. The van der Waals surface area contributed by atoms with Gasteiger partial charge in [0.2, 0.25) is 0 Å². The average Bonchev–Trinajstić information content (AvgIpc) is 2.57. The molecule has 0 bridgehead atoms. The van der Waals surface area contributed by atoms with Crippen LogP contribution in [0.15, 0.2) is 11.5 Å². The Hall–Kier alpha value is 0.440. The second-order valence-corrected chi connectivity index (χ2v) is 5.56. The highest BCUT2D eigenvalue weighted by atomic mass is 32.2. The Morgan fingerprint density at radius 1 is 1.50 bits per heavy atom. The van der Waals surface area contributed by atoms with Gasteiger partial charge in [0.15, 0.2) is 0 Å². The summed E-state index contributed by atoms with van der Waals surface area (Å²) in [5.41, 5.74) is 0. The van der Waals surface area contributed by atoms with Crippen LogP contribution in [0.4, 0.5) is 0 Å². The van der Waals surface area contributed by atoms with E-state index in [1.54, 1.807) is 0 Å². The molecule has 70 valence electrons. The first-order valence-electron chi connectivity index (χ1n) is 4.81. The minimum absolute atomic E-state index is 0.909. The average molecular weight is 202 g/mol. The Labute approximate surface area is 84.6 Å². The highest BCUT2D eigenvalue weighted by molar-refractivity contribution is 8.03. The molecule has 0 aliphatic carbocycles. The van der Waals surface area contributed by atoms with Crippen LogP contribution in [0.1, 0.15) is 32.6 Å². The largest absolute Gasteiger partial charge is 0.162 e. The number of allylic oxidation sites excluding steroid dienone is 1. The van der Waals surface area contributed by atoms with Gasteiger partial charge in [0.25, 0.3) is 0 Å². The van der Waals surface area contributed by atoms with E-state index in [4.69, 9.17) is 0 Å². The Balaban J connectivity index is 1.82. The lowest BCUT2D eigenvalue weighted by Crippen LogP contribution is -1.97. The van der Waals surface area contributed by atoms with Crippen molar-refractivity contribution in [2.45, 2.75) is 37.9 Å². The molecule has 1 unspecified atom stereocenters. The zero-order chi connectivity index (χ0) is 8.65. The molecule has 0 aromatic rings. The second kappa shape index (κ2) is 6.90. The summed E-state index contributed by atoms with van der Waals surface area (Å²) >= 11 is 4.12. The third-order valence-electron chi connectivity index (χ3n) is 1.93. The first-order chi connectivity index (χ1) is 5.93. The van der Waals surface area contributed by atoms with Crippen LogP contribution in [0.3, 0.4) is 0 Å². The predicted octanol–water partition coefficient (Wildman–Crippen LogP) is 3.93. The van der Waals surface area contributed by atoms with Gasteiger partial charge in [-0.3, -0.25) is 0 Å². The summed E-state index contributed by atoms with van der Waals surface area (Å²) < 4.78 is 0. The second-order valence-electron chi connectivity index (χ2n) is 3.12. The zero-order valence-electron chi connectivity index (χ0n) is 7.79. The van der Waals surface area contributed by atoms with Crippen molar-refractivity contribution in [3.05, 3.63) is 11.5 Å². The van der Waals surface area contributed by atoms with Gasteiger partial charge in [-0.15, -0.1) is 11.8 Å². The minimum Gasteiger partial charge on any atom is -0.162 e. The topological polar surface area (TPSA) is 0 Å². The molecular formula is C10H18S2. The summed E-state index contributed by atoms with van der Waals surface area (Å²) in [5, 5.41) is 3.16. The number of rotatable bonds is 6. The van der Waals surface area contributed by atoms with E-state index in [0.717, 1.165) is 5.25 Å². The number of hydrogen-bond acceptors (Lipinski definition) is 2. The van der Waals surface area contributed by atoms with Gasteiger partial charge in [-0.25, -0.2) is 0 Å². The molecule has 1 atom stereocenters. The summed E-state index contributed by atoms with van der Waals surface area (Å²) in [7, 11) is 0. The molecule has 0 radical (unpaired) electrons. The first kappa shape index (κ1) is 10.5. The molecule has 0 nitrogen and oxygen atoms in total. The van der Waals surface area contributed by atoms with Gasteiger partial charge in [0.05, 0.1) is 0 Å². The van der Waals surface area contributed by atoms with Crippen molar-refractivity contribution in [2.24, 2.45) is 0 Å². The van der Waals surface area contributed by atoms with E-state index in [2.05, 4.69) is 30.2 Å². The lowest BCUT2D eigenvalue weighted by atomic mass is 10.2. The van der Waals surface area contributed by atoms with E-state index in [0.29, 0.717) is 0 Å². The fourth-order valence-electron chi connectivity index (χ4n) is 1.27. The molecule has 0 amide bonds. The van der Waals surface area contributed by atoms with Crippen molar-refractivity contribution >= 4 is 23.5 Å². The van der Waals surface area contributed by atoms with Crippen molar-refractivity contribution in [3.8, 4) is 0 Å². The highest BCUT2D eigenvalue weighted by Crippen LogP contribution is 2.27. The van der Waals surface area contributed by atoms with E-state index in [1.165, 1.54) is 37.2 Å². The highest BCUT2D eigenvalue weighted by Gasteiger charge is 2.09. The molecule has 0 aromatic carbocycles. The quantitative estimate of drug-likeness (QED) is 0.599. The molecule has 1 heterocycles. The third-order valence-corrected chi connectivity index (χ3v) is 4.37. The molecule has 0 saturated carbocycles. The maximum absolute atomic E-state index is 2.30. The Kier molecular flexibility index (Phi) is 6.05. The van der Waals surface area contributed by atoms with Gasteiger partial charge >= 0.3 is 0 Å². The lowest BCUT2D eigenvalue weighted by molar-refractivity contribution is 0.760. The van der Waals surface area contributed by atoms with Crippen LogP contribution in [0.25, 0.3) is 0 Å². The zero-order valence-corrected chi connectivity index (χ0v) is 9.42. The van der Waals surface area contributed by atoms with E-state index >= 15 is 0 Å². The van der Waals surface area contributed by atoms with Crippen molar-refractivity contribution in [3.63, 3.8) is 0 Å². The molecule has 1 aliphatic rings. The molecule has 0 saturated heterocycles. The number of hydrogen-bond donors (Lipinski definition) is 0. The molecule has 0 N–H and O–H groups in total. The van der Waals surface area contributed by atoms with E-state index in [1.807, 2.05) is 11.8 Å². The molecule has 1 rings (SSSR count). The summed E-state index contributed by atoms with van der Waals surface area (Å²) in [6.45, 7) is 2.25. The van der Waals surface area contributed by atoms with Crippen molar-refractivity contribution < 1.29 is 0 Å². The van der Waals surface area contributed by atoms with Gasteiger partial charge in [-0.05, 0) is 42.6 Å². The standard InChI is InChI=1S/C10H18S2/c1-2-7-11-8-3-5-10-6-4-9-12-10/h4,9-10H,2-3,5-8H2,1H3. The van der Waals surface area contributed by atoms with Crippen LogP contribution in [0, 0.1) is 0 Å². The Morgan fingerprint density at radius 2 is 2.42 bits per heavy atom. The third kappa shape index (κ3) is 4.46. The van der Waals surface area contributed by atoms with Crippen molar-refractivity contribution in [2.75, 3.05) is 11.5 Å². The lowest BCUT2D eigenvalue weighted by Gasteiger charge is -2.06. The van der Waals surface area contributed by atoms with Gasteiger partial charge in [0.1, 0.15) is 0 Å². The van der Waals surface area contributed by atoms with Crippen molar-refractivity contribution in [1.82, 2.24) is 0 Å². The maximum atomic E-state index is 2.30. The van der Waals surface area contributed by atoms with E-state index < -0.39 is 0 Å². The normalized spacial score (nSPS) is 21.9. The van der Waals surface area contributed by atoms with Crippen LogP contribution < -0.4 is 0 Å². The Morgan fingerprint density at radius 3 is 3.08 bits per heavy atom. The van der Waals surface area contributed by atoms with E-state index in [9.17, 15) is 0 Å². The molecular weight excluding hydrogens is 184 g/mol. The van der Waals surface area contributed by atoms with Crippen LogP contribution in [-0.4, -0.2) is 16.8 Å². The molecule has 1 aliphatic heterocycles. The Bertz CT molecular complexity index is 124.